The highest BCUT2D eigenvalue weighted by atomic mass is 35.5. The van der Waals surface area contributed by atoms with Gasteiger partial charge in [-0.05, 0) is 18.2 Å². The molecule has 17 heavy (non-hydrogen) atoms. The predicted molar refractivity (Wildman–Crippen MR) is 69.6 cm³/mol. The van der Waals surface area contributed by atoms with Gasteiger partial charge in [0.1, 0.15) is 17.4 Å². The molecule has 4 heteroatoms. The number of para-hydroxylation sites is 1. The van der Waals surface area contributed by atoms with Crippen LogP contribution in [0, 0.1) is 0 Å². The molecule has 0 aliphatic rings. The average Bonchev–Trinajstić information content (AvgIpc) is 2.93. The van der Waals surface area contributed by atoms with E-state index in [9.17, 15) is 5.11 Å². The third-order valence-electron chi connectivity index (χ3n) is 2.57. The number of fused-ring (bicyclic) bond motifs is 1. The average molecular weight is 265 g/mol. The summed E-state index contributed by atoms with van der Waals surface area (Å²) in [5, 5.41) is 13.6. The minimum atomic E-state index is -0.750. The summed E-state index contributed by atoms with van der Waals surface area (Å²) in [7, 11) is 0. The van der Waals surface area contributed by atoms with Crippen molar-refractivity contribution in [1.82, 2.24) is 0 Å². The van der Waals surface area contributed by atoms with Crippen molar-refractivity contribution in [3.8, 4) is 0 Å². The molecule has 1 N–H and O–H groups in total. The van der Waals surface area contributed by atoms with Crippen LogP contribution in [0.25, 0.3) is 11.0 Å². The molecule has 1 unspecified atom stereocenters. The maximum atomic E-state index is 10.2. The Morgan fingerprint density at radius 3 is 2.76 bits per heavy atom. The summed E-state index contributed by atoms with van der Waals surface area (Å²) in [6, 6.07) is 11.3. The van der Waals surface area contributed by atoms with Gasteiger partial charge in [0.05, 0.1) is 5.02 Å². The lowest BCUT2D eigenvalue weighted by atomic mass is 10.2. The van der Waals surface area contributed by atoms with Crippen molar-refractivity contribution in [2.75, 3.05) is 0 Å². The quantitative estimate of drug-likeness (QED) is 0.751. The molecule has 0 radical (unpaired) electrons. The zero-order valence-corrected chi connectivity index (χ0v) is 10.3. The van der Waals surface area contributed by atoms with Gasteiger partial charge in [0.15, 0.2) is 0 Å². The zero-order valence-electron chi connectivity index (χ0n) is 8.76. The lowest BCUT2D eigenvalue weighted by Crippen LogP contribution is -1.93. The Morgan fingerprint density at radius 1 is 1.24 bits per heavy atom. The standard InChI is InChI=1S/C13H9ClO2S/c14-9-6-12(17-7-9)13(15)11-5-8-3-1-2-4-10(8)16-11/h1-7,13,15H. The summed E-state index contributed by atoms with van der Waals surface area (Å²) >= 11 is 7.26. The number of furan rings is 1. The maximum Gasteiger partial charge on any atom is 0.146 e. The van der Waals surface area contributed by atoms with Gasteiger partial charge in [-0.3, -0.25) is 0 Å². The first kappa shape index (κ1) is 10.8. The summed E-state index contributed by atoms with van der Waals surface area (Å²) < 4.78 is 5.61. The van der Waals surface area contributed by atoms with Crippen molar-refractivity contribution < 1.29 is 9.52 Å². The highest BCUT2D eigenvalue weighted by Crippen LogP contribution is 2.32. The SMILES string of the molecule is OC(c1cc2ccccc2o1)c1cc(Cl)cs1. The first-order valence-corrected chi connectivity index (χ1v) is 6.40. The van der Waals surface area contributed by atoms with Crippen molar-refractivity contribution in [1.29, 1.82) is 0 Å². The van der Waals surface area contributed by atoms with Crippen LogP contribution in [-0.2, 0) is 0 Å². The highest BCUT2D eigenvalue weighted by molar-refractivity contribution is 7.10. The Bertz CT molecular complexity index is 623. The van der Waals surface area contributed by atoms with Gasteiger partial charge in [-0.15, -0.1) is 11.3 Å². The molecule has 3 rings (SSSR count). The van der Waals surface area contributed by atoms with Gasteiger partial charge in [-0.25, -0.2) is 0 Å². The Morgan fingerprint density at radius 2 is 2.06 bits per heavy atom. The molecule has 2 nitrogen and oxygen atoms in total. The molecule has 0 bridgehead atoms. The van der Waals surface area contributed by atoms with E-state index in [2.05, 4.69) is 0 Å². The topological polar surface area (TPSA) is 33.4 Å². The van der Waals surface area contributed by atoms with Crippen LogP contribution in [0.5, 0.6) is 0 Å². The predicted octanol–water partition coefficient (Wildman–Crippen LogP) is 4.23. The molecule has 1 atom stereocenters. The van der Waals surface area contributed by atoms with Gasteiger partial charge >= 0.3 is 0 Å². The maximum absolute atomic E-state index is 10.2. The molecular formula is C13H9ClO2S. The number of aliphatic hydroxyl groups excluding tert-OH is 1. The molecule has 0 saturated carbocycles. The summed E-state index contributed by atoms with van der Waals surface area (Å²) in [4.78, 5) is 0.786. The van der Waals surface area contributed by atoms with E-state index >= 15 is 0 Å². The van der Waals surface area contributed by atoms with Crippen LogP contribution in [0.1, 0.15) is 16.7 Å². The summed E-state index contributed by atoms with van der Waals surface area (Å²) in [5.74, 6) is 0.546. The molecule has 0 aliphatic heterocycles. The van der Waals surface area contributed by atoms with Crippen molar-refractivity contribution in [2.24, 2.45) is 0 Å². The van der Waals surface area contributed by atoms with Gasteiger partial charge < -0.3 is 9.52 Å². The second-order valence-corrected chi connectivity index (χ2v) is 5.14. The molecule has 0 amide bonds. The molecule has 1 aromatic carbocycles. The molecule has 2 aromatic heterocycles. The first-order valence-electron chi connectivity index (χ1n) is 5.14. The monoisotopic (exact) mass is 264 g/mol. The van der Waals surface area contributed by atoms with Gasteiger partial charge in [-0.2, -0.15) is 0 Å². The third-order valence-corrected chi connectivity index (χ3v) is 3.90. The van der Waals surface area contributed by atoms with Crippen LogP contribution in [-0.4, -0.2) is 5.11 Å². The van der Waals surface area contributed by atoms with E-state index < -0.39 is 6.10 Å². The van der Waals surface area contributed by atoms with Gasteiger partial charge in [0, 0.05) is 15.6 Å². The van der Waals surface area contributed by atoms with Crippen LogP contribution in [0.15, 0.2) is 46.2 Å². The van der Waals surface area contributed by atoms with E-state index in [1.165, 1.54) is 11.3 Å². The third kappa shape index (κ3) is 1.97. The molecule has 0 spiro atoms. The van der Waals surface area contributed by atoms with E-state index in [1.54, 1.807) is 11.4 Å². The Labute approximate surface area is 107 Å². The summed E-state index contributed by atoms with van der Waals surface area (Å²) in [6.45, 7) is 0. The Kier molecular flexibility index (Phi) is 2.67. The molecule has 0 fully saturated rings. The molecule has 0 saturated heterocycles. The molecule has 3 aromatic rings. The van der Waals surface area contributed by atoms with E-state index in [1.807, 2.05) is 30.3 Å². The van der Waals surface area contributed by atoms with Crippen molar-refractivity contribution >= 4 is 33.9 Å². The number of thiophene rings is 1. The fraction of sp³-hybridized carbons (Fsp3) is 0.0769. The molecule has 2 heterocycles. The fourth-order valence-corrected chi connectivity index (χ4v) is 2.82. The second-order valence-electron chi connectivity index (χ2n) is 3.76. The largest absolute Gasteiger partial charge is 0.458 e. The van der Waals surface area contributed by atoms with Gasteiger partial charge in [0.25, 0.3) is 0 Å². The summed E-state index contributed by atoms with van der Waals surface area (Å²) in [6.07, 6.45) is -0.750. The normalized spacial score (nSPS) is 13.1. The van der Waals surface area contributed by atoms with E-state index in [4.69, 9.17) is 16.0 Å². The molecular weight excluding hydrogens is 256 g/mol. The van der Waals surface area contributed by atoms with E-state index in [0.29, 0.717) is 10.8 Å². The van der Waals surface area contributed by atoms with Crippen molar-refractivity contribution in [3.05, 3.63) is 57.4 Å². The van der Waals surface area contributed by atoms with Crippen LogP contribution < -0.4 is 0 Å². The second kappa shape index (κ2) is 4.18. The number of aliphatic hydroxyl groups is 1. The van der Waals surface area contributed by atoms with E-state index in [-0.39, 0.29) is 0 Å². The minimum Gasteiger partial charge on any atom is -0.458 e. The number of hydrogen-bond donors (Lipinski definition) is 1. The number of benzene rings is 1. The van der Waals surface area contributed by atoms with Gasteiger partial charge in [0.2, 0.25) is 0 Å². The molecule has 0 aliphatic carbocycles. The Balaban J connectivity index is 2.03. The van der Waals surface area contributed by atoms with Crippen LogP contribution in [0.2, 0.25) is 5.02 Å². The first-order chi connectivity index (χ1) is 8.24. The van der Waals surface area contributed by atoms with Crippen LogP contribution >= 0.6 is 22.9 Å². The lowest BCUT2D eigenvalue weighted by Gasteiger charge is -2.03. The molecule has 86 valence electrons. The van der Waals surface area contributed by atoms with Crippen LogP contribution in [0.3, 0.4) is 0 Å². The lowest BCUT2D eigenvalue weighted by molar-refractivity contribution is 0.196. The smallest absolute Gasteiger partial charge is 0.146 e. The Hall–Kier alpha value is -1.29. The number of hydrogen-bond acceptors (Lipinski definition) is 3. The fourth-order valence-electron chi connectivity index (χ4n) is 1.75. The van der Waals surface area contributed by atoms with Crippen molar-refractivity contribution in [3.63, 3.8) is 0 Å². The zero-order chi connectivity index (χ0) is 11.8. The number of halogens is 1. The number of rotatable bonds is 2. The van der Waals surface area contributed by atoms with Crippen LogP contribution in [0.4, 0.5) is 0 Å². The highest BCUT2D eigenvalue weighted by Gasteiger charge is 2.17. The van der Waals surface area contributed by atoms with Gasteiger partial charge in [-0.1, -0.05) is 29.8 Å². The van der Waals surface area contributed by atoms with E-state index in [0.717, 1.165) is 15.8 Å². The summed E-state index contributed by atoms with van der Waals surface area (Å²) in [5.41, 5.74) is 0.782. The van der Waals surface area contributed by atoms with Crippen molar-refractivity contribution in [2.45, 2.75) is 6.10 Å². The minimum absolute atomic E-state index is 0.546.